The zero-order valence-corrected chi connectivity index (χ0v) is 8.98. The van der Waals surface area contributed by atoms with Gasteiger partial charge in [-0.25, -0.2) is 0 Å². The lowest BCUT2D eigenvalue weighted by Crippen LogP contribution is -2.31. The maximum Gasteiger partial charge on any atom is 0.489 e. The number of hydrogen-bond acceptors (Lipinski definition) is 2. The summed E-state index contributed by atoms with van der Waals surface area (Å²) in [4.78, 5) is 0. The molecular weight excluding hydrogens is 199 g/mol. The van der Waals surface area contributed by atoms with Crippen molar-refractivity contribution in [3.8, 4) is 0 Å². The Labute approximate surface area is 94.7 Å². The summed E-state index contributed by atoms with van der Waals surface area (Å²) in [5, 5.41) is 20.9. The highest BCUT2D eigenvalue weighted by Crippen LogP contribution is 2.28. The van der Waals surface area contributed by atoms with Gasteiger partial charge in [0.2, 0.25) is 0 Å². The normalized spacial score (nSPS) is 14.1. The van der Waals surface area contributed by atoms with Gasteiger partial charge < -0.3 is 10.0 Å². The van der Waals surface area contributed by atoms with Crippen molar-refractivity contribution in [1.29, 1.82) is 0 Å². The van der Waals surface area contributed by atoms with Crippen LogP contribution in [0, 0.1) is 0 Å². The first-order chi connectivity index (χ1) is 7.77. The quantitative estimate of drug-likeness (QED) is 0.692. The fourth-order valence-corrected chi connectivity index (χ4v) is 2.69. The molecule has 2 aromatic rings. The van der Waals surface area contributed by atoms with Crippen LogP contribution < -0.4 is 5.46 Å². The molecule has 0 spiro atoms. The van der Waals surface area contributed by atoms with Crippen molar-refractivity contribution in [1.82, 2.24) is 0 Å². The van der Waals surface area contributed by atoms with Crippen LogP contribution in [0.2, 0.25) is 0 Å². The van der Waals surface area contributed by atoms with Gasteiger partial charge in [0.05, 0.1) is 0 Å². The molecular formula is C13H13BO2. The summed E-state index contributed by atoms with van der Waals surface area (Å²) < 4.78 is 0. The number of rotatable bonds is 1. The summed E-state index contributed by atoms with van der Waals surface area (Å²) in [6.07, 6.45) is 3.37. The highest BCUT2D eigenvalue weighted by Gasteiger charge is 2.19. The maximum absolute atomic E-state index is 9.35. The van der Waals surface area contributed by atoms with E-state index in [1.54, 1.807) is 0 Å². The van der Waals surface area contributed by atoms with Crippen molar-refractivity contribution < 1.29 is 10.0 Å². The summed E-state index contributed by atoms with van der Waals surface area (Å²) in [6.45, 7) is 0. The van der Waals surface area contributed by atoms with Gasteiger partial charge in [0.1, 0.15) is 0 Å². The predicted molar refractivity (Wildman–Crippen MR) is 65.8 cm³/mol. The fourth-order valence-electron chi connectivity index (χ4n) is 2.69. The van der Waals surface area contributed by atoms with Crippen LogP contribution in [0.4, 0.5) is 0 Å². The molecule has 16 heavy (non-hydrogen) atoms. The van der Waals surface area contributed by atoms with Gasteiger partial charge in [-0.15, -0.1) is 0 Å². The minimum atomic E-state index is -1.38. The lowest BCUT2D eigenvalue weighted by molar-refractivity contribution is 0.426. The van der Waals surface area contributed by atoms with E-state index in [1.807, 2.05) is 24.3 Å². The zero-order valence-electron chi connectivity index (χ0n) is 8.98. The molecule has 0 unspecified atom stereocenters. The maximum atomic E-state index is 9.35. The predicted octanol–water partition coefficient (Wildman–Crippen LogP) is 1.01. The van der Waals surface area contributed by atoms with Crippen LogP contribution in [0.15, 0.2) is 30.3 Å². The van der Waals surface area contributed by atoms with Gasteiger partial charge in [-0.3, -0.25) is 0 Å². The van der Waals surface area contributed by atoms with E-state index in [0.29, 0.717) is 5.46 Å². The Bertz CT molecular complexity index is 539. The van der Waals surface area contributed by atoms with Crippen molar-refractivity contribution in [2.24, 2.45) is 0 Å². The molecule has 0 radical (unpaired) electrons. The van der Waals surface area contributed by atoms with Crippen LogP contribution in [-0.2, 0) is 12.8 Å². The third-order valence-corrected chi connectivity index (χ3v) is 3.42. The Hall–Kier alpha value is -1.32. The summed E-state index contributed by atoms with van der Waals surface area (Å²) in [5.74, 6) is 0. The van der Waals surface area contributed by atoms with Crippen molar-refractivity contribution in [3.05, 3.63) is 41.5 Å². The molecule has 0 saturated heterocycles. The fraction of sp³-hybridized carbons (Fsp3) is 0.231. The minimum Gasteiger partial charge on any atom is -0.423 e. The molecule has 2 aromatic carbocycles. The van der Waals surface area contributed by atoms with Crippen molar-refractivity contribution in [2.45, 2.75) is 19.3 Å². The van der Waals surface area contributed by atoms with E-state index in [-0.39, 0.29) is 0 Å². The lowest BCUT2D eigenvalue weighted by atomic mass is 9.74. The second-order valence-electron chi connectivity index (χ2n) is 4.38. The molecule has 3 heteroatoms. The molecule has 2 nitrogen and oxygen atoms in total. The molecule has 0 fully saturated rings. The monoisotopic (exact) mass is 212 g/mol. The molecule has 0 aliphatic heterocycles. The Morgan fingerprint density at radius 2 is 1.69 bits per heavy atom. The summed E-state index contributed by atoms with van der Waals surface area (Å²) in [7, 11) is -1.38. The van der Waals surface area contributed by atoms with Gasteiger partial charge in [-0.2, -0.15) is 0 Å². The average Bonchev–Trinajstić information content (AvgIpc) is 2.30. The standard InChI is InChI=1S/C13H13BO2/c15-14(16)12-8-7-10-4-1-3-9-5-2-6-11(12)13(9)10/h2,5-8,15-16H,1,3-4H2. The van der Waals surface area contributed by atoms with Gasteiger partial charge in [-0.05, 0) is 46.6 Å². The smallest absolute Gasteiger partial charge is 0.423 e. The topological polar surface area (TPSA) is 40.5 Å². The van der Waals surface area contributed by atoms with E-state index in [9.17, 15) is 10.0 Å². The highest BCUT2D eigenvalue weighted by atomic mass is 16.4. The third kappa shape index (κ3) is 1.36. The summed E-state index contributed by atoms with van der Waals surface area (Å²) >= 11 is 0. The third-order valence-electron chi connectivity index (χ3n) is 3.42. The Kier molecular flexibility index (Phi) is 2.23. The molecule has 0 atom stereocenters. The molecule has 0 saturated carbocycles. The first-order valence-corrected chi connectivity index (χ1v) is 5.67. The molecule has 2 N–H and O–H groups in total. The highest BCUT2D eigenvalue weighted by molar-refractivity contribution is 6.62. The Balaban J connectivity index is 2.40. The van der Waals surface area contributed by atoms with Crippen molar-refractivity contribution in [2.75, 3.05) is 0 Å². The zero-order chi connectivity index (χ0) is 11.1. The van der Waals surface area contributed by atoms with Crippen LogP contribution in [0.25, 0.3) is 10.8 Å². The minimum absolute atomic E-state index is 0.613. The van der Waals surface area contributed by atoms with Gasteiger partial charge in [0, 0.05) is 0 Å². The SMILES string of the molecule is OB(O)c1ccc2c3c(cccc13)CCC2. The molecule has 0 amide bonds. The number of aryl methyl sites for hydroxylation is 2. The van der Waals surface area contributed by atoms with Gasteiger partial charge in [0.15, 0.2) is 0 Å². The van der Waals surface area contributed by atoms with E-state index >= 15 is 0 Å². The molecule has 1 aliphatic carbocycles. The van der Waals surface area contributed by atoms with Crippen LogP contribution in [0.3, 0.4) is 0 Å². The number of benzene rings is 2. The molecule has 1 aliphatic rings. The summed E-state index contributed by atoms with van der Waals surface area (Å²) in [6, 6.07) is 9.97. The van der Waals surface area contributed by atoms with E-state index in [4.69, 9.17) is 0 Å². The first-order valence-electron chi connectivity index (χ1n) is 5.67. The first kappa shape index (κ1) is 9.88. The van der Waals surface area contributed by atoms with Crippen molar-refractivity contribution >= 4 is 23.4 Å². The second kappa shape index (κ2) is 3.61. The van der Waals surface area contributed by atoms with Crippen LogP contribution in [-0.4, -0.2) is 17.2 Å². The largest absolute Gasteiger partial charge is 0.489 e. The van der Waals surface area contributed by atoms with Crippen LogP contribution >= 0.6 is 0 Å². The second-order valence-corrected chi connectivity index (χ2v) is 4.38. The average molecular weight is 212 g/mol. The Morgan fingerprint density at radius 3 is 2.44 bits per heavy atom. The van der Waals surface area contributed by atoms with E-state index < -0.39 is 7.12 Å². The van der Waals surface area contributed by atoms with E-state index in [1.165, 1.54) is 22.9 Å². The molecule has 0 bridgehead atoms. The Morgan fingerprint density at radius 1 is 0.938 bits per heavy atom. The van der Waals surface area contributed by atoms with Crippen LogP contribution in [0.5, 0.6) is 0 Å². The van der Waals surface area contributed by atoms with E-state index in [2.05, 4.69) is 6.07 Å². The van der Waals surface area contributed by atoms with Gasteiger partial charge in [0.25, 0.3) is 0 Å². The van der Waals surface area contributed by atoms with E-state index in [0.717, 1.165) is 18.2 Å². The molecule has 80 valence electrons. The summed E-state index contributed by atoms with van der Waals surface area (Å²) in [5.41, 5.74) is 3.28. The molecule has 3 rings (SSSR count). The van der Waals surface area contributed by atoms with Crippen LogP contribution in [0.1, 0.15) is 17.5 Å². The number of hydrogen-bond donors (Lipinski definition) is 2. The molecule has 0 heterocycles. The lowest BCUT2D eigenvalue weighted by Gasteiger charge is -2.18. The van der Waals surface area contributed by atoms with Gasteiger partial charge in [-0.1, -0.05) is 30.3 Å². The molecule has 0 aromatic heterocycles. The van der Waals surface area contributed by atoms with Gasteiger partial charge >= 0.3 is 7.12 Å². The van der Waals surface area contributed by atoms with Crippen molar-refractivity contribution in [3.63, 3.8) is 0 Å².